The minimum atomic E-state index is -0.740. The molecule has 1 aromatic rings. The molecular weight excluding hydrogens is 190 g/mol. The van der Waals surface area contributed by atoms with Crippen molar-refractivity contribution in [1.82, 2.24) is 4.98 Å². The van der Waals surface area contributed by atoms with Crippen molar-refractivity contribution < 1.29 is 9.90 Å². The molecule has 0 saturated carbocycles. The molecule has 0 spiro atoms. The van der Waals surface area contributed by atoms with Crippen molar-refractivity contribution in [3.05, 3.63) is 30.1 Å². The predicted molar refractivity (Wildman–Crippen MR) is 58.7 cm³/mol. The fraction of sp³-hybridized carbons (Fsp3) is 0.500. The Morgan fingerprint density at radius 2 is 1.87 bits per heavy atom. The van der Waals surface area contributed by atoms with Gasteiger partial charge in [-0.05, 0) is 30.5 Å². The molecule has 1 aromatic heterocycles. The Morgan fingerprint density at radius 1 is 1.33 bits per heavy atom. The van der Waals surface area contributed by atoms with Crippen LogP contribution in [-0.4, -0.2) is 16.1 Å². The molecular formula is C12H17NO2. The first-order valence-corrected chi connectivity index (χ1v) is 5.27. The fourth-order valence-corrected chi connectivity index (χ4v) is 2.01. The van der Waals surface area contributed by atoms with Gasteiger partial charge in [-0.15, -0.1) is 0 Å². The maximum Gasteiger partial charge on any atom is 0.304 e. The van der Waals surface area contributed by atoms with Crippen molar-refractivity contribution in [2.45, 2.75) is 38.5 Å². The molecule has 0 fully saturated rings. The number of carboxylic acids is 1. The third-order valence-corrected chi connectivity index (χ3v) is 3.14. The first-order valence-electron chi connectivity index (χ1n) is 5.27. The highest BCUT2D eigenvalue weighted by atomic mass is 16.4. The Bertz CT molecular complexity index is 318. The van der Waals surface area contributed by atoms with Crippen LogP contribution in [0, 0.1) is 0 Å². The van der Waals surface area contributed by atoms with Crippen molar-refractivity contribution >= 4 is 5.97 Å². The zero-order chi connectivity index (χ0) is 11.3. The van der Waals surface area contributed by atoms with Crippen LogP contribution in [0.25, 0.3) is 0 Å². The van der Waals surface area contributed by atoms with E-state index in [1.165, 1.54) is 0 Å². The molecule has 0 aliphatic rings. The first-order chi connectivity index (χ1) is 7.14. The Kier molecular flexibility index (Phi) is 3.83. The van der Waals surface area contributed by atoms with Crippen LogP contribution in [0.1, 0.15) is 38.7 Å². The maximum atomic E-state index is 10.9. The van der Waals surface area contributed by atoms with Gasteiger partial charge in [0.05, 0.1) is 6.42 Å². The fourth-order valence-electron chi connectivity index (χ4n) is 2.01. The highest BCUT2D eigenvalue weighted by Crippen LogP contribution is 2.34. The van der Waals surface area contributed by atoms with Crippen molar-refractivity contribution in [1.29, 1.82) is 0 Å². The lowest BCUT2D eigenvalue weighted by molar-refractivity contribution is -0.138. The molecule has 1 heterocycles. The smallest absolute Gasteiger partial charge is 0.304 e. The first kappa shape index (κ1) is 11.7. The topological polar surface area (TPSA) is 50.2 Å². The molecule has 0 aromatic carbocycles. The second-order valence-electron chi connectivity index (χ2n) is 3.79. The summed E-state index contributed by atoms with van der Waals surface area (Å²) >= 11 is 0. The van der Waals surface area contributed by atoms with E-state index >= 15 is 0 Å². The highest BCUT2D eigenvalue weighted by Gasteiger charge is 2.30. The van der Waals surface area contributed by atoms with Gasteiger partial charge >= 0.3 is 5.97 Å². The molecule has 0 radical (unpaired) electrons. The average molecular weight is 207 g/mol. The molecule has 3 heteroatoms. The number of hydrogen-bond acceptors (Lipinski definition) is 2. The average Bonchev–Trinajstić information content (AvgIpc) is 2.27. The number of hydrogen-bond donors (Lipinski definition) is 1. The minimum absolute atomic E-state index is 0.185. The molecule has 0 aliphatic heterocycles. The van der Waals surface area contributed by atoms with Crippen molar-refractivity contribution in [2.75, 3.05) is 0 Å². The molecule has 0 saturated heterocycles. The van der Waals surface area contributed by atoms with E-state index in [9.17, 15) is 4.79 Å². The molecule has 0 atom stereocenters. The summed E-state index contributed by atoms with van der Waals surface area (Å²) in [6.07, 6.45) is 5.29. The van der Waals surface area contributed by atoms with Crippen LogP contribution < -0.4 is 0 Å². The summed E-state index contributed by atoms with van der Waals surface area (Å²) in [5.41, 5.74) is 0.833. The Hall–Kier alpha value is -1.38. The lowest BCUT2D eigenvalue weighted by atomic mass is 9.74. The van der Waals surface area contributed by atoms with E-state index in [-0.39, 0.29) is 11.8 Å². The quantitative estimate of drug-likeness (QED) is 0.807. The van der Waals surface area contributed by atoms with E-state index in [4.69, 9.17) is 5.11 Å². The molecule has 0 bridgehead atoms. The number of carbonyl (C=O) groups is 1. The third-order valence-electron chi connectivity index (χ3n) is 3.14. The SMILES string of the molecule is CCC(CC)(CC(=O)O)c1ccncc1. The van der Waals surface area contributed by atoms with Crippen LogP contribution in [0.5, 0.6) is 0 Å². The molecule has 1 N–H and O–H groups in total. The van der Waals surface area contributed by atoms with Gasteiger partial charge in [0, 0.05) is 17.8 Å². The van der Waals surface area contributed by atoms with E-state index in [2.05, 4.69) is 4.98 Å². The summed E-state index contributed by atoms with van der Waals surface area (Å²) in [5.74, 6) is -0.740. The summed E-state index contributed by atoms with van der Waals surface area (Å²) in [6.45, 7) is 4.07. The van der Waals surface area contributed by atoms with Crippen LogP contribution in [0.3, 0.4) is 0 Å². The molecule has 15 heavy (non-hydrogen) atoms. The van der Waals surface area contributed by atoms with E-state index in [1.807, 2.05) is 26.0 Å². The van der Waals surface area contributed by atoms with Gasteiger partial charge in [0.25, 0.3) is 0 Å². The lowest BCUT2D eigenvalue weighted by Gasteiger charge is -2.30. The van der Waals surface area contributed by atoms with Gasteiger partial charge in [0.2, 0.25) is 0 Å². The monoisotopic (exact) mass is 207 g/mol. The minimum Gasteiger partial charge on any atom is -0.481 e. The predicted octanol–water partition coefficient (Wildman–Crippen LogP) is 2.61. The zero-order valence-electron chi connectivity index (χ0n) is 9.23. The van der Waals surface area contributed by atoms with E-state index < -0.39 is 5.97 Å². The summed E-state index contributed by atoms with van der Waals surface area (Å²) < 4.78 is 0. The van der Waals surface area contributed by atoms with E-state index in [1.54, 1.807) is 12.4 Å². The summed E-state index contributed by atoms with van der Waals surface area (Å²) in [4.78, 5) is 14.8. The summed E-state index contributed by atoms with van der Waals surface area (Å²) in [5, 5.41) is 8.96. The second kappa shape index (κ2) is 4.91. The molecule has 0 amide bonds. The zero-order valence-corrected chi connectivity index (χ0v) is 9.23. The molecule has 82 valence electrons. The number of carboxylic acid groups (broad SMARTS) is 1. The van der Waals surface area contributed by atoms with Gasteiger partial charge in [0.15, 0.2) is 0 Å². The third kappa shape index (κ3) is 2.55. The maximum absolute atomic E-state index is 10.9. The van der Waals surface area contributed by atoms with Crippen LogP contribution in [-0.2, 0) is 10.2 Å². The van der Waals surface area contributed by atoms with Gasteiger partial charge in [0.1, 0.15) is 0 Å². The van der Waals surface area contributed by atoms with E-state index in [0.717, 1.165) is 18.4 Å². The van der Waals surface area contributed by atoms with Gasteiger partial charge < -0.3 is 5.11 Å². The van der Waals surface area contributed by atoms with Crippen LogP contribution >= 0.6 is 0 Å². The number of aromatic nitrogens is 1. The van der Waals surface area contributed by atoms with Crippen LogP contribution in [0.15, 0.2) is 24.5 Å². The standard InChI is InChI=1S/C12H17NO2/c1-3-12(4-2,9-11(14)15)10-5-7-13-8-6-10/h5-8H,3-4,9H2,1-2H3,(H,14,15). The summed E-state index contributed by atoms with van der Waals surface area (Å²) in [6, 6.07) is 3.83. The molecule has 0 unspecified atom stereocenters. The number of aliphatic carboxylic acids is 1. The normalized spacial score (nSPS) is 11.3. The van der Waals surface area contributed by atoms with Gasteiger partial charge in [-0.3, -0.25) is 9.78 Å². The van der Waals surface area contributed by atoms with Gasteiger partial charge in [-0.25, -0.2) is 0 Å². The van der Waals surface area contributed by atoms with Crippen LogP contribution in [0.2, 0.25) is 0 Å². The second-order valence-corrected chi connectivity index (χ2v) is 3.79. The molecule has 0 aliphatic carbocycles. The van der Waals surface area contributed by atoms with Crippen molar-refractivity contribution in [3.8, 4) is 0 Å². The van der Waals surface area contributed by atoms with Gasteiger partial charge in [-0.2, -0.15) is 0 Å². The Labute approximate surface area is 90.2 Å². The van der Waals surface area contributed by atoms with Crippen molar-refractivity contribution in [2.24, 2.45) is 0 Å². The Morgan fingerprint density at radius 3 is 2.27 bits per heavy atom. The largest absolute Gasteiger partial charge is 0.481 e. The number of rotatable bonds is 5. The number of nitrogens with zero attached hydrogens (tertiary/aromatic N) is 1. The lowest BCUT2D eigenvalue weighted by Crippen LogP contribution is -2.27. The number of pyridine rings is 1. The molecule has 3 nitrogen and oxygen atoms in total. The summed E-state index contributed by atoms with van der Waals surface area (Å²) in [7, 11) is 0. The highest BCUT2D eigenvalue weighted by molar-refractivity contribution is 5.69. The van der Waals surface area contributed by atoms with Gasteiger partial charge in [-0.1, -0.05) is 13.8 Å². The van der Waals surface area contributed by atoms with Crippen LogP contribution in [0.4, 0.5) is 0 Å². The Balaban J connectivity index is 3.05. The molecule has 1 rings (SSSR count). The van der Waals surface area contributed by atoms with E-state index in [0.29, 0.717) is 0 Å². The van der Waals surface area contributed by atoms with Crippen molar-refractivity contribution in [3.63, 3.8) is 0 Å².